The van der Waals surface area contributed by atoms with Gasteiger partial charge in [0.1, 0.15) is 6.10 Å². The van der Waals surface area contributed by atoms with Gasteiger partial charge in [-0.3, -0.25) is 0 Å². The molecule has 2 atom stereocenters. The number of hydrogen-bond acceptors (Lipinski definition) is 4. The highest BCUT2D eigenvalue weighted by molar-refractivity contribution is 5.10. The Morgan fingerprint density at radius 2 is 2.11 bits per heavy atom. The van der Waals surface area contributed by atoms with E-state index in [1.807, 2.05) is 0 Å². The summed E-state index contributed by atoms with van der Waals surface area (Å²) in [5.74, 6) is -0.227. The molecule has 1 heterocycles. The van der Waals surface area contributed by atoms with E-state index in [9.17, 15) is 0 Å². The molecule has 2 rings (SSSR count). The first-order valence-corrected chi connectivity index (χ1v) is 6.44. The molecular weight excluding hydrogens is 232 g/mol. The highest BCUT2D eigenvalue weighted by Crippen LogP contribution is 2.28. The zero-order chi connectivity index (χ0) is 12.8. The third-order valence-corrected chi connectivity index (χ3v) is 3.63. The maximum Gasteiger partial charge on any atom is 0.198 e. The van der Waals surface area contributed by atoms with Crippen molar-refractivity contribution in [2.75, 3.05) is 34.0 Å². The van der Waals surface area contributed by atoms with Crippen molar-refractivity contribution in [3.8, 4) is 0 Å². The molecule has 1 fully saturated rings. The minimum absolute atomic E-state index is 0.166. The monoisotopic (exact) mass is 254 g/mol. The fraction of sp³-hybridized carbons (Fsp3) is 0.714. The van der Waals surface area contributed by atoms with Crippen LogP contribution < -0.4 is 0 Å². The van der Waals surface area contributed by atoms with Gasteiger partial charge in [0, 0.05) is 26.6 Å². The van der Waals surface area contributed by atoms with Crippen molar-refractivity contribution in [2.45, 2.75) is 24.7 Å². The van der Waals surface area contributed by atoms with Crippen LogP contribution in [0.4, 0.5) is 0 Å². The molecule has 0 saturated carbocycles. The SMILES string of the molecule is COC1(OC)CCOCC1OCC1C=CC=CC1. The summed E-state index contributed by atoms with van der Waals surface area (Å²) >= 11 is 0. The fourth-order valence-electron chi connectivity index (χ4n) is 2.41. The molecule has 0 aromatic carbocycles. The molecule has 18 heavy (non-hydrogen) atoms. The molecule has 0 spiro atoms. The molecule has 0 radical (unpaired) electrons. The molecule has 0 amide bonds. The summed E-state index contributed by atoms with van der Waals surface area (Å²) < 4.78 is 22.5. The first kappa shape index (κ1) is 13.7. The lowest BCUT2D eigenvalue weighted by Crippen LogP contribution is -2.54. The standard InChI is InChI=1S/C14H22O4/c1-15-14(16-2)8-9-17-11-13(14)18-10-12-6-4-3-5-7-12/h3-6,12-13H,7-11H2,1-2H3. The van der Waals surface area contributed by atoms with Crippen LogP contribution >= 0.6 is 0 Å². The summed E-state index contributed by atoms with van der Waals surface area (Å²) in [5.41, 5.74) is 0. The van der Waals surface area contributed by atoms with Crippen LogP contribution in [0.1, 0.15) is 12.8 Å². The molecule has 0 aromatic heterocycles. The van der Waals surface area contributed by atoms with Crippen LogP contribution in [0.15, 0.2) is 24.3 Å². The third-order valence-electron chi connectivity index (χ3n) is 3.63. The van der Waals surface area contributed by atoms with E-state index in [4.69, 9.17) is 18.9 Å². The minimum atomic E-state index is -0.660. The van der Waals surface area contributed by atoms with E-state index in [0.717, 1.165) is 6.42 Å². The summed E-state index contributed by atoms with van der Waals surface area (Å²) in [6.07, 6.45) is 10.0. The summed E-state index contributed by atoms with van der Waals surface area (Å²) in [4.78, 5) is 0. The van der Waals surface area contributed by atoms with Crippen molar-refractivity contribution >= 4 is 0 Å². The van der Waals surface area contributed by atoms with Crippen molar-refractivity contribution in [2.24, 2.45) is 5.92 Å². The van der Waals surface area contributed by atoms with E-state index in [0.29, 0.717) is 32.2 Å². The Kier molecular flexibility index (Phi) is 4.95. The Bertz CT molecular complexity index is 307. The van der Waals surface area contributed by atoms with Gasteiger partial charge in [-0.25, -0.2) is 0 Å². The Labute approximate surface area is 109 Å². The quantitative estimate of drug-likeness (QED) is 0.702. The molecule has 4 heteroatoms. The van der Waals surface area contributed by atoms with Gasteiger partial charge in [-0.15, -0.1) is 0 Å². The zero-order valence-electron chi connectivity index (χ0n) is 11.1. The van der Waals surface area contributed by atoms with Crippen molar-refractivity contribution < 1.29 is 18.9 Å². The second-order valence-electron chi connectivity index (χ2n) is 4.68. The van der Waals surface area contributed by atoms with Crippen LogP contribution in [0.2, 0.25) is 0 Å². The average molecular weight is 254 g/mol. The lowest BCUT2D eigenvalue weighted by molar-refractivity contribution is -0.303. The van der Waals surface area contributed by atoms with Gasteiger partial charge < -0.3 is 18.9 Å². The molecule has 1 aliphatic carbocycles. The van der Waals surface area contributed by atoms with Crippen molar-refractivity contribution in [3.63, 3.8) is 0 Å². The highest BCUT2D eigenvalue weighted by atomic mass is 16.7. The van der Waals surface area contributed by atoms with E-state index < -0.39 is 5.79 Å². The zero-order valence-corrected chi connectivity index (χ0v) is 11.1. The molecule has 1 saturated heterocycles. The summed E-state index contributed by atoms with van der Waals surface area (Å²) in [6.45, 7) is 1.84. The van der Waals surface area contributed by atoms with E-state index in [1.54, 1.807) is 14.2 Å². The van der Waals surface area contributed by atoms with Gasteiger partial charge in [0.05, 0.1) is 19.8 Å². The number of methoxy groups -OCH3 is 2. The molecule has 0 aromatic rings. The predicted octanol–water partition coefficient (Wildman–Crippen LogP) is 1.91. The molecule has 1 aliphatic heterocycles. The molecule has 2 aliphatic rings. The van der Waals surface area contributed by atoms with Crippen molar-refractivity contribution in [1.82, 2.24) is 0 Å². The number of ether oxygens (including phenoxy) is 4. The van der Waals surface area contributed by atoms with Crippen LogP contribution in [0.3, 0.4) is 0 Å². The maximum absolute atomic E-state index is 5.96. The molecule has 0 bridgehead atoms. The van der Waals surface area contributed by atoms with E-state index in [1.165, 1.54) is 0 Å². The summed E-state index contributed by atoms with van der Waals surface area (Å²) in [7, 11) is 3.32. The van der Waals surface area contributed by atoms with E-state index in [2.05, 4.69) is 24.3 Å². The maximum atomic E-state index is 5.96. The van der Waals surface area contributed by atoms with Crippen molar-refractivity contribution in [3.05, 3.63) is 24.3 Å². The van der Waals surface area contributed by atoms with Gasteiger partial charge >= 0.3 is 0 Å². The Morgan fingerprint density at radius 3 is 2.78 bits per heavy atom. The van der Waals surface area contributed by atoms with Gasteiger partial charge in [-0.05, 0) is 6.42 Å². The van der Waals surface area contributed by atoms with Gasteiger partial charge in [-0.1, -0.05) is 24.3 Å². The molecule has 2 unspecified atom stereocenters. The largest absolute Gasteiger partial charge is 0.378 e. The Balaban J connectivity index is 1.89. The highest BCUT2D eigenvalue weighted by Gasteiger charge is 2.43. The van der Waals surface area contributed by atoms with Crippen LogP contribution in [-0.4, -0.2) is 45.9 Å². The van der Waals surface area contributed by atoms with Gasteiger partial charge in [0.25, 0.3) is 0 Å². The lowest BCUT2D eigenvalue weighted by atomic mass is 10.0. The second-order valence-corrected chi connectivity index (χ2v) is 4.68. The number of rotatable bonds is 5. The Morgan fingerprint density at radius 1 is 1.28 bits per heavy atom. The third kappa shape index (κ3) is 3.01. The average Bonchev–Trinajstić information content (AvgIpc) is 2.46. The fourth-order valence-corrected chi connectivity index (χ4v) is 2.41. The first-order chi connectivity index (χ1) is 8.80. The van der Waals surface area contributed by atoms with Gasteiger partial charge in [0.2, 0.25) is 0 Å². The number of hydrogen-bond donors (Lipinski definition) is 0. The molecule has 0 N–H and O–H groups in total. The smallest absolute Gasteiger partial charge is 0.198 e. The van der Waals surface area contributed by atoms with Crippen molar-refractivity contribution in [1.29, 1.82) is 0 Å². The van der Waals surface area contributed by atoms with E-state index in [-0.39, 0.29) is 6.10 Å². The van der Waals surface area contributed by atoms with Gasteiger partial charge in [0.15, 0.2) is 5.79 Å². The van der Waals surface area contributed by atoms with Crippen LogP contribution in [-0.2, 0) is 18.9 Å². The Hall–Kier alpha value is -0.680. The number of allylic oxidation sites excluding steroid dienone is 3. The van der Waals surface area contributed by atoms with Gasteiger partial charge in [-0.2, -0.15) is 0 Å². The summed E-state index contributed by atoms with van der Waals surface area (Å²) in [5, 5.41) is 0. The second kappa shape index (κ2) is 6.48. The first-order valence-electron chi connectivity index (χ1n) is 6.44. The minimum Gasteiger partial charge on any atom is -0.378 e. The van der Waals surface area contributed by atoms with Crippen LogP contribution in [0.25, 0.3) is 0 Å². The molecular formula is C14H22O4. The van der Waals surface area contributed by atoms with Crippen LogP contribution in [0.5, 0.6) is 0 Å². The molecule has 4 nitrogen and oxygen atoms in total. The topological polar surface area (TPSA) is 36.9 Å². The molecule has 102 valence electrons. The van der Waals surface area contributed by atoms with Crippen LogP contribution in [0, 0.1) is 5.92 Å². The van der Waals surface area contributed by atoms with E-state index >= 15 is 0 Å². The normalized spacial score (nSPS) is 30.6. The lowest BCUT2D eigenvalue weighted by Gasteiger charge is -2.41. The summed E-state index contributed by atoms with van der Waals surface area (Å²) in [6, 6.07) is 0. The predicted molar refractivity (Wildman–Crippen MR) is 68.3 cm³/mol.